The highest BCUT2D eigenvalue weighted by Gasteiger charge is 2.29. The van der Waals surface area contributed by atoms with Crippen LogP contribution in [-0.4, -0.2) is 4.98 Å². The van der Waals surface area contributed by atoms with Crippen molar-refractivity contribution in [2.75, 3.05) is 0 Å². The van der Waals surface area contributed by atoms with Gasteiger partial charge in [0, 0.05) is 17.1 Å². The zero-order valence-corrected chi connectivity index (χ0v) is 12.9. The second kappa shape index (κ2) is 5.62. The van der Waals surface area contributed by atoms with Gasteiger partial charge < -0.3 is 4.74 Å². The summed E-state index contributed by atoms with van der Waals surface area (Å²) in [4.78, 5) is 4.52. The number of ether oxygens (including phenoxy) is 1. The zero-order chi connectivity index (χ0) is 14.9. The highest BCUT2D eigenvalue weighted by atomic mass is 35.5. The molecule has 1 aliphatic carbocycles. The smallest absolute Gasteiger partial charge is 0.149 e. The van der Waals surface area contributed by atoms with E-state index in [1.54, 1.807) is 6.20 Å². The molecule has 1 fully saturated rings. The van der Waals surface area contributed by atoms with E-state index < -0.39 is 0 Å². The van der Waals surface area contributed by atoms with Crippen molar-refractivity contribution in [2.24, 2.45) is 0 Å². The first-order valence-corrected chi connectivity index (χ1v) is 7.94. The average Bonchev–Trinajstić information content (AvgIpc) is 3.40. The van der Waals surface area contributed by atoms with E-state index in [1.807, 2.05) is 30.3 Å². The second-order valence-corrected chi connectivity index (χ2v) is 6.13. The number of nitrogens with zero attached hydrogens (tertiary/aromatic N) is 1. The molecule has 0 radical (unpaired) electrons. The van der Waals surface area contributed by atoms with Crippen molar-refractivity contribution in [3.63, 3.8) is 0 Å². The average molecular weight is 310 g/mol. The minimum atomic E-state index is 0.549. The first kappa shape index (κ1) is 13.6. The van der Waals surface area contributed by atoms with Crippen molar-refractivity contribution >= 4 is 22.5 Å². The lowest BCUT2D eigenvalue weighted by Gasteiger charge is -2.14. The van der Waals surface area contributed by atoms with Gasteiger partial charge in [0.1, 0.15) is 17.9 Å². The zero-order valence-electron chi connectivity index (χ0n) is 12.1. The fourth-order valence-electron chi connectivity index (χ4n) is 2.77. The molecule has 0 amide bonds. The molecule has 3 aromatic rings. The predicted octanol–water partition coefficient (Wildman–Crippen LogP) is 5.34. The molecule has 1 heterocycles. The summed E-state index contributed by atoms with van der Waals surface area (Å²) in [6.07, 6.45) is 4.21. The number of fused-ring (bicyclic) bond motifs is 1. The Kier molecular flexibility index (Phi) is 3.47. The first-order valence-electron chi connectivity index (χ1n) is 7.57. The summed E-state index contributed by atoms with van der Waals surface area (Å²) in [6, 6.07) is 16.2. The molecular weight excluding hydrogens is 294 g/mol. The molecule has 1 saturated carbocycles. The van der Waals surface area contributed by atoms with Crippen LogP contribution < -0.4 is 4.74 Å². The SMILES string of the molecule is Clc1cc(C2CC2)c(OCc2ccccc2)c2ncccc12. The van der Waals surface area contributed by atoms with Gasteiger partial charge in [-0.2, -0.15) is 0 Å². The summed E-state index contributed by atoms with van der Waals surface area (Å²) < 4.78 is 6.17. The highest BCUT2D eigenvalue weighted by Crippen LogP contribution is 2.48. The van der Waals surface area contributed by atoms with E-state index in [-0.39, 0.29) is 0 Å². The number of pyridine rings is 1. The van der Waals surface area contributed by atoms with Crippen molar-refractivity contribution in [1.82, 2.24) is 4.98 Å². The van der Waals surface area contributed by atoms with Crippen molar-refractivity contribution in [3.8, 4) is 5.75 Å². The lowest BCUT2D eigenvalue weighted by Crippen LogP contribution is -2.00. The second-order valence-electron chi connectivity index (χ2n) is 5.72. The molecule has 1 aliphatic rings. The number of hydrogen-bond donors (Lipinski definition) is 0. The molecule has 0 N–H and O–H groups in total. The van der Waals surface area contributed by atoms with E-state index in [4.69, 9.17) is 16.3 Å². The topological polar surface area (TPSA) is 22.1 Å². The van der Waals surface area contributed by atoms with Crippen LogP contribution in [0.5, 0.6) is 5.75 Å². The molecule has 4 rings (SSSR count). The summed E-state index contributed by atoms with van der Waals surface area (Å²) in [5.74, 6) is 1.46. The van der Waals surface area contributed by atoms with Crippen LogP contribution in [0.15, 0.2) is 54.7 Å². The van der Waals surface area contributed by atoms with Gasteiger partial charge in [0.05, 0.1) is 5.02 Å². The monoisotopic (exact) mass is 309 g/mol. The normalized spacial score (nSPS) is 14.2. The van der Waals surface area contributed by atoms with E-state index in [0.717, 1.165) is 27.2 Å². The maximum atomic E-state index is 6.43. The third kappa shape index (κ3) is 2.55. The number of aromatic nitrogens is 1. The Hall–Kier alpha value is -2.06. The van der Waals surface area contributed by atoms with Gasteiger partial charge in [0.25, 0.3) is 0 Å². The van der Waals surface area contributed by atoms with E-state index in [1.165, 1.54) is 18.4 Å². The van der Waals surface area contributed by atoms with Crippen molar-refractivity contribution in [3.05, 3.63) is 70.9 Å². The van der Waals surface area contributed by atoms with Crippen LogP contribution in [0.2, 0.25) is 5.02 Å². The van der Waals surface area contributed by atoms with E-state index in [9.17, 15) is 0 Å². The van der Waals surface area contributed by atoms with E-state index >= 15 is 0 Å². The van der Waals surface area contributed by atoms with Crippen molar-refractivity contribution in [1.29, 1.82) is 0 Å². The lowest BCUT2D eigenvalue weighted by atomic mass is 10.1. The molecule has 0 unspecified atom stereocenters. The molecule has 110 valence electrons. The Balaban J connectivity index is 1.77. The van der Waals surface area contributed by atoms with Gasteiger partial charge >= 0.3 is 0 Å². The minimum Gasteiger partial charge on any atom is -0.486 e. The summed E-state index contributed by atoms with van der Waals surface area (Å²) in [7, 11) is 0. The summed E-state index contributed by atoms with van der Waals surface area (Å²) in [6.45, 7) is 0.549. The molecule has 0 aliphatic heterocycles. The van der Waals surface area contributed by atoms with Crippen LogP contribution in [0.4, 0.5) is 0 Å². The van der Waals surface area contributed by atoms with Crippen LogP contribution >= 0.6 is 11.6 Å². The predicted molar refractivity (Wildman–Crippen MR) is 89.5 cm³/mol. The fraction of sp³-hybridized carbons (Fsp3) is 0.211. The van der Waals surface area contributed by atoms with Crippen molar-refractivity contribution in [2.45, 2.75) is 25.4 Å². The standard InChI is InChI=1S/C19H16ClNO/c20-17-11-16(14-8-9-14)19(18-15(17)7-4-10-21-18)22-12-13-5-2-1-3-6-13/h1-7,10-11,14H,8-9,12H2. The molecule has 0 spiro atoms. The maximum absolute atomic E-state index is 6.43. The van der Waals surface area contributed by atoms with Gasteiger partial charge in [-0.3, -0.25) is 4.98 Å². The van der Waals surface area contributed by atoms with E-state index in [2.05, 4.69) is 23.2 Å². The molecule has 0 bridgehead atoms. The number of benzene rings is 2. The Morgan fingerprint density at radius 1 is 1.09 bits per heavy atom. The maximum Gasteiger partial charge on any atom is 0.149 e. The molecule has 2 aromatic carbocycles. The largest absolute Gasteiger partial charge is 0.486 e. The van der Waals surface area contributed by atoms with Gasteiger partial charge in [-0.1, -0.05) is 41.9 Å². The van der Waals surface area contributed by atoms with Crippen LogP contribution in [-0.2, 0) is 6.61 Å². The Labute approximate surface area is 134 Å². The Morgan fingerprint density at radius 3 is 2.68 bits per heavy atom. The van der Waals surface area contributed by atoms with Crippen LogP contribution in [0.25, 0.3) is 10.9 Å². The van der Waals surface area contributed by atoms with Crippen LogP contribution in [0, 0.1) is 0 Å². The quantitative estimate of drug-likeness (QED) is 0.648. The summed E-state index contributed by atoms with van der Waals surface area (Å²) in [5, 5.41) is 1.72. The summed E-state index contributed by atoms with van der Waals surface area (Å²) >= 11 is 6.43. The molecule has 22 heavy (non-hydrogen) atoms. The molecular formula is C19H16ClNO. The van der Waals surface area contributed by atoms with Gasteiger partial charge in [-0.05, 0) is 42.5 Å². The van der Waals surface area contributed by atoms with E-state index in [0.29, 0.717) is 12.5 Å². The third-order valence-corrected chi connectivity index (χ3v) is 4.38. The van der Waals surface area contributed by atoms with Gasteiger partial charge in [-0.15, -0.1) is 0 Å². The van der Waals surface area contributed by atoms with Crippen LogP contribution in [0.3, 0.4) is 0 Å². The Bertz CT molecular complexity index is 812. The molecule has 3 heteroatoms. The highest BCUT2D eigenvalue weighted by molar-refractivity contribution is 6.35. The minimum absolute atomic E-state index is 0.549. The molecule has 0 saturated heterocycles. The lowest BCUT2D eigenvalue weighted by molar-refractivity contribution is 0.306. The Morgan fingerprint density at radius 2 is 1.91 bits per heavy atom. The molecule has 0 atom stereocenters. The van der Waals surface area contributed by atoms with Gasteiger partial charge in [0.15, 0.2) is 0 Å². The fourth-order valence-corrected chi connectivity index (χ4v) is 3.04. The third-order valence-electron chi connectivity index (χ3n) is 4.07. The van der Waals surface area contributed by atoms with Gasteiger partial charge in [-0.25, -0.2) is 0 Å². The molecule has 2 nitrogen and oxygen atoms in total. The van der Waals surface area contributed by atoms with Crippen LogP contribution in [0.1, 0.15) is 29.9 Å². The number of halogens is 1. The number of hydrogen-bond acceptors (Lipinski definition) is 2. The number of rotatable bonds is 4. The first-order chi connectivity index (χ1) is 10.8. The van der Waals surface area contributed by atoms with Crippen molar-refractivity contribution < 1.29 is 4.74 Å². The van der Waals surface area contributed by atoms with Gasteiger partial charge in [0.2, 0.25) is 0 Å². The molecule has 1 aromatic heterocycles. The summed E-state index contributed by atoms with van der Waals surface area (Å²) in [5.41, 5.74) is 3.23.